The number of amides is 1. The zero-order chi connectivity index (χ0) is 13.5. The van der Waals surface area contributed by atoms with Gasteiger partial charge >= 0.3 is 0 Å². The van der Waals surface area contributed by atoms with Gasteiger partial charge in [0, 0.05) is 20.1 Å². The molecule has 0 fully saturated rings. The molecule has 0 spiro atoms. The molecular weight excluding hydrogens is 228 g/mol. The number of hydrogen-bond acceptors (Lipinski definition) is 3. The number of rotatable bonds is 6. The normalized spacial score (nSPS) is 12.0. The highest BCUT2D eigenvalue weighted by Crippen LogP contribution is 2.13. The lowest BCUT2D eigenvalue weighted by Gasteiger charge is -2.11. The predicted octanol–water partition coefficient (Wildman–Crippen LogP) is 1.43. The van der Waals surface area contributed by atoms with Crippen molar-refractivity contribution >= 4 is 5.91 Å². The Hall–Kier alpha value is -1.55. The molecule has 1 aromatic rings. The molecule has 1 aromatic carbocycles. The third-order valence-corrected chi connectivity index (χ3v) is 2.67. The molecule has 0 saturated heterocycles. The van der Waals surface area contributed by atoms with Crippen molar-refractivity contribution in [1.82, 2.24) is 4.90 Å². The van der Waals surface area contributed by atoms with Crippen molar-refractivity contribution in [1.29, 1.82) is 0 Å². The minimum atomic E-state index is -0.0453. The predicted molar refractivity (Wildman–Crippen MR) is 72.6 cm³/mol. The van der Waals surface area contributed by atoms with Gasteiger partial charge in [-0.05, 0) is 37.5 Å². The minimum Gasteiger partial charge on any atom is -0.484 e. The molecule has 0 saturated carbocycles. The minimum absolute atomic E-state index is 0.0453. The van der Waals surface area contributed by atoms with Crippen molar-refractivity contribution in [3.8, 4) is 5.75 Å². The molecule has 2 N–H and O–H groups in total. The number of nitrogens with zero attached hydrogens (tertiary/aromatic N) is 1. The highest BCUT2D eigenvalue weighted by Gasteiger charge is 2.04. The van der Waals surface area contributed by atoms with Crippen molar-refractivity contribution in [3.63, 3.8) is 0 Å². The van der Waals surface area contributed by atoms with Gasteiger partial charge in [0.25, 0.3) is 5.91 Å². The van der Waals surface area contributed by atoms with E-state index in [1.807, 2.05) is 31.2 Å². The first-order valence-corrected chi connectivity index (χ1v) is 6.16. The maximum absolute atomic E-state index is 11.3. The van der Waals surface area contributed by atoms with E-state index in [1.165, 1.54) is 10.5 Å². The summed E-state index contributed by atoms with van der Waals surface area (Å²) in [6.07, 6.45) is 1.94. The molecule has 1 amide bonds. The van der Waals surface area contributed by atoms with Gasteiger partial charge in [0.05, 0.1) is 0 Å². The summed E-state index contributed by atoms with van der Waals surface area (Å²) in [4.78, 5) is 12.9. The van der Waals surface area contributed by atoms with Crippen LogP contribution in [-0.4, -0.2) is 37.6 Å². The molecule has 0 aliphatic carbocycles. The van der Waals surface area contributed by atoms with Gasteiger partial charge in [0.1, 0.15) is 5.75 Å². The number of likely N-dealkylation sites (N-methyl/N-ethyl adjacent to an activating group) is 1. The number of carbonyl (C=O) groups excluding carboxylic acids is 1. The molecule has 0 radical (unpaired) electrons. The summed E-state index contributed by atoms with van der Waals surface area (Å²) in [5.41, 5.74) is 6.95. The van der Waals surface area contributed by atoms with Gasteiger partial charge < -0.3 is 15.4 Å². The molecule has 1 atom stereocenters. The van der Waals surface area contributed by atoms with Gasteiger partial charge in [-0.1, -0.05) is 12.1 Å². The van der Waals surface area contributed by atoms with E-state index in [9.17, 15) is 4.79 Å². The monoisotopic (exact) mass is 250 g/mol. The Kier molecular flexibility index (Phi) is 5.65. The first-order chi connectivity index (χ1) is 8.49. The second-order valence-electron chi connectivity index (χ2n) is 4.74. The molecule has 0 aromatic heterocycles. The molecule has 0 aliphatic heterocycles. The Labute approximate surface area is 109 Å². The van der Waals surface area contributed by atoms with Crippen molar-refractivity contribution in [2.45, 2.75) is 25.8 Å². The van der Waals surface area contributed by atoms with E-state index >= 15 is 0 Å². The highest BCUT2D eigenvalue weighted by atomic mass is 16.5. The number of carbonyl (C=O) groups is 1. The summed E-state index contributed by atoms with van der Waals surface area (Å²) < 4.78 is 5.39. The van der Waals surface area contributed by atoms with Gasteiger partial charge in [-0.3, -0.25) is 4.79 Å². The molecule has 4 nitrogen and oxygen atoms in total. The van der Waals surface area contributed by atoms with Crippen LogP contribution in [0.15, 0.2) is 24.3 Å². The Balaban J connectivity index is 2.43. The lowest BCUT2D eigenvalue weighted by Crippen LogP contribution is -2.27. The van der Waals surface area contributed by atoms with Crippen LogP contribution in [-0.2, 0) is 11.2 Å². The summed E-state index contributed by atoms with van der Waals surface area (Å²) in [5, 5.41) is 0. The maximum atomic E-state index is 11.3. The van der Waals surface area contributed by atoms with Crippen LogP contribution < -0.4 is 10.5 Å². The van der Waals surface area contributed by atoms with Crippen LogP contribution in [0.3, 0.4) is 0 Å². The van der Waals surface area contributed by atoms with Gasteiger partial charge in [-0.15, -0.1) is 0 Å². The third-order valence-electron chi connectivity index (χ3n) is 2.67. The van der Waals surface area contributed by atoms with Gasteiger partial charge in [-0.2, -0.15) is 0 Å². The lowest BCUT2D eigenvalue weighted by molar-refractivity contribution is -0.130. The molecule has 100 valence electrons. The van der Waals surface area contributed by atoms with Gasteiger partial charge in [0.2, 0.25) is 0 Å². The highest BCUT2D eigenvalue weighted by molar-refractivity contribution is 5.77. The number of aryl methyl sites for hydroxylation is 1. The van der Waals surface area contributed by atoms with Gasteiger partial charge in [0.15, 0.2) is 6.61 Å². The van der Waals surface area contributed by atoms with Crippen molar-refractivity contribution in [2.24, 2.45) is 5.73 Å². The summed E-state index contributed by atoms with van der Waals surface area (Å²) >= 11 is 0. The number of benzene rings is 1. The number of ether oxygens (including phenoxy) is 1. The Bertz CT molecular complexity index is 372. The first kappa shape index (κ1) is 14.5. The average Bonchev–Trinajstić information content (AvgIpc) is 2.34. The third kappa shape index (κ3) is 5.19. The van der Waals surface area contributed by atoms with Gasteiger partial charge in [-0.25, -0.2) is 0 Å². The number of hydrogen-bond donors (Lipinski definition) is 1. The van der Waals surface area contributed by atoms with E-state index in [-0.39, 0.29) is 18.6 Å². The van der Waals surface area contributed by atoms with E-state index in [2.05, 4.69) is 0 Å². The molecule has 0 bridgehead atoms. The second-order valence-corrected chi connectivity index (χ2v) is 4.74. The van der Waals surface area contributed by atoms with Crippen LogP contribution in [0.5, 0.6) is 5.75 Å². The molecule has 0 aliphatic rings. The average molecular weight is 250 g/mol. The van der Waals surface area contributed by atoms with Crippen LogP contribution >= 0.6 is 0 Å². The fraction of sp³-hybridized carbons (Fsp3) is 0.500. The van der Waals surface area contributed by atoms with Crippen LogP contribution in [0, 0.1) is 0 Å². The lowest BCUT2D eigenvalue weighted by atomic mass is 10.1. The fourth-order valence-electron chi connectivity index (χ4n) is 1.42. The SMILES string of the molecule is CC(N)CCc1ccc(OCC(=O)N(C)C)cc1. The van der Waals surface area contributed by atoms with E-state index in [0.717, 1.165) is 18.6 Å². The van der Waals surface area contributed by atoms with Crippen LogP contribution in [0.4, 0.5) is 0 Å². The van der Waals surface area contributed by atoms with E-state index in [1.54, 1.807) is 14.1 Å². The quantitative estimate of drug-likeness (QED) is 0.831. The summed E-state index contributed by atoms with van der Waals surface area (Å²) in [6, 6.07) is 8.02. The zero-order valence-electron chi connectivity index (χ0n) is 11.3. The number of nitrogens with two attached hydrogens (primary N) is 1. The Morgan fingerprint density at radius 1 is 1.33 bits per heavy atom. The van der Waals surface area contributed by atoms with Crippen LogP contribution in [0.1, 0.15) is 18.9 Å². The van der Waals surface area contributed by atoms with Crippen molar-refractivity contribution in [2.75, 3.05) is 20.7 Å². The van der Waals surface area contributed by atoms with Crippen LogP contribution in [0.25, 0.3) is 0 Å². The standard InChI is InChI=1S/C14H22N2O2/c1-11(15)4-5-12-6-8-13(9-7-12)18-10-14(17)16(2)3/h6-9,11H,4-5,10,15H2,1-3H3. The topological polar surface area (TPSA) is 55.6 Å². The van der Waals surface area contributed by atoms with Crippen molar-refractivity contribution in [3.05, 3.63) is 29.8 Å². The summed E-state index contributed by atoms with van der Waals surface area (Å²) in [6.45, 7) is 2.08. The molecule has 0 heterocycles. The molecule has 1 unspecified atom stereocenters. The largest absolute Gasteiger partial charge is 0.484 e. The molecule has 1 rings (SSSR count). The van der Waals surface area contributed by atoms with Crippen molar-refractivity contribution < 1.29 is 9.53 Å². The summed E-state index contributed by atoms with van der Waals surface area (Å²) in [7, 11) is 3.42. The Morgan fingerprint density at radius 2 is 1.94 bits per heavy atom. The van der Waals surface area contributed by atoms with E-state index in [4.69, 9.17) is 10.5 Å². The smallest absolute Gasteiger partial charge is 0.259 e. The molecule has 4 heteroatoms. The fourth-order valence-corrected chi connectivity index (χ4v) is 1.42. The van der Waals surface area contributed by atoms with E-state index < -0.39 is 0 Å². The van der Waals surface area contributed by atoms with Crippen LogP contribution in [0.2, 0.25) is 0 Å². The maximum Gasteiger partial charge on any atom is 0.259 e. The molecule has 18 heavy (non-hydrogen) atoms. The molecular formula is C14H22N2O2. The van der Waals surface area contributed by atoms with E-state index in [0.29, 0.717) is 0 Å². The summed E-state index contributed by atoms with van der Waals surface area (Å²) in [5.74, 6) is 0.672. The zero-order valence-corrected chi connectivity index (χ0v) is 11.3. The second kappa shape index (κ2) is 7.01. The Morgan fingerprint density at radius 3 is 2.44 bits per heavy atom. The first-order valence-electron chi connectivity index (χ1n) is 6.16.